The van der Waals surface area contributed by atoms with E-state index in [0.29, 0.717) is 6.42 Å². The Morgan fingerprint density at radius 2 is 2.21 bits per heavy atom. The van der Waals surface area contributed by atoms with E-state index in [1.807, 2.05) is 17.5 Å². The molecule has 0 spiro atoms. The predicted octanol–water partition coefficient (Wildman–Crippen LogP) is 1.98. The molecular formula is C13H18N2O3S. The first-order valence-corrected chi connectivity index (χ1v) is 6.97. The summed E-state index contributed by atoms with van der Waals surface area (Å²) >= 11 is 1.55. The second-order valence-corrected chi connectivity index (χ2v) is 6.71. The van der Waals surface area contributed by atoms with Gasteiger partial charge in [0.05, 0.1) is 0 Å². The SMILES string of the molecule is CC(C)(C)OC(=O)N[C@@]1(C(N)=O)C[C@@H]1c1cccs1. The maximum atomic E-state index is 11.8. The lowest BCUT2D eigenvalue weighted by Crippen LogP contribution is -2.49. The van der Waals surface area contributed by atoms with Gasteiger partial charge in [0.15, 0.2) is 0 Å². The fraction of sp³-hybridized carbons (Fsp3) is 0.538. The van der Waals surface area contributed by atoms with E-state index in [9.17, 15) is 9.59 Å². The Bertz CT molecular complexity index is 492. The molecular weight excluding hydrogens is 264 g/mol. The van der Waals surface area contributed by atoms with Crippen molar-refractivity contribution in [2.24, 2.45) is 5.73 Å². The molecule has 3 N–H and O–H groups in total. The minimum Gasteiger partial charge on any atom is -0.444 e. The van der Waals surface area contributed by atoms with Gasteiger partial charge in [-0.15, -0.1) is 11.3 Å². The zero-order valence-corrected chi connectivity index (χ0v) is 12.0. The van der Waals surface area contributed by atoms with Gasteiger partial charge in [0.25, 0.3) is 0 Å². The van der Waals surface area contributed by atoms with E-state index >= 15 is 0 Å². The van der Waals surface area contributed by atoms with Gasteiger partial charge in [0.1, 0.15) is 11.1 Å². The highest BCUT2D eigenvalue weighted by Gasteiger charge is 2.61. The molecule has 0 saturated heterocycles. The van der Waals surface area contributed by atoms with Gasteiger partial charge in [0, 0.05) is 10.8 Å². The Labute approximate surface area is 116 Å². The lowest BCUT2D eigenvalue weighted by atomic mass is 10.1. The fourth-order valence-electron chi connectivity index (χ4n) is 2.05. The van der Waals surface area contributed by atoms with E-state index < -0.39 is 23.1 Å². The van der Waals surface area contributed by atoms with Crippen LogP contribution in [0, 0.1) is 0 Å². The summed E-state index contributed by atoms with van der Waals surface area (Å²) in [4.78, 5) is 24.5. The Hall–Kier alpha value is -1.56. The molecule has 1 aliphatic rings. The van der Waals surface area contributed by atoms with Crippen LogP contribution in [0.4, 0.5) is 4.79 Å². The van der Waals surface area contributed by atoms with Crippen molar-refractivity contribution in [3.8, 4) is 0 Å². The number of nitrogens with two attached hydrogens (primary N) is 1. The second kappa shape index (κ2) is 4.52. The smallest absolute Gasteiger partial charge is 0.408 e. The van der Waals surface area contributed by atoms with Gasteiger partial charge in [-0.1, -0.05) is 6.07 Å². The third-order valence-corrected chi connectivity index (χ3v) is 4.00. The number of ether oxygens (including phenoxy) is 1. The van der Waals surface area contributed by atoms with E-state index in [1.54, 1.807) is 32.1 Å². The minimum absolute atomic E-state index is 0.0440. The van der Waals surface area contributed by atoms with Crippen molar-refractivity contribution in [3.05, 3.63) is 22.4 Å². The molecule has 0 bridgehead atoms. The summed E-state index contributed by atoms with van der Waals surface area (Å²) < 4.78 is 5.17. The molecule has 1 aromatic rings. The van der Waals surface area contributed by atoms with Gasteiger partial charge >= 0.3 is 6.09 Å². The van der Waals surface area contributed by atoms with Crippen molar-refractivity contribution < 1.29 is 14.3 Å². The molecule has 2 atom stereocenters. The molecule has 19 heavy (non-hydrogen) atoms. The van der Waals surface area contributed by atoms with Crippen LogP contribution in [0.2, 0.25) is 0 Å². The number of hydrogen-bond acceptors (Lipinski definition) is 4. The highest BCUT2D eigenvalue weighted by molar-refractivity contribution is 7.10. The lowest BCUT2D eigenvalue weighted by Gasteiger charge is -2.22. The summed E-state index contributed by atoms with van der Waals surface area (Å²) in [6.45, 7) is 5.31. The number of rotatable bonds is 3. The van der Waals surface area contributed by atoms with E-state index in [2.05, 4.69) is 5.32 Å². The molecule has 1 aromatic heterocycles. The van der Waals surface area contributed by atoms with Crippen LogP contribution >= 0.6 is 11.3 Å². The molecule has 104 valence electrons. The number of carbonyl (C=O) groups excluding carboxylic acids is 2. The number of thiophene rings is 1. The first-order chi connectivity index (χ1) is 8.74. The number of amides is 2. The van der Waals surface area contributed by atoms with Gasteiger partial charge in [0.2, 0.25) is 5.91 Å². The summed E-state index contributed by atoms with van der Waals surface area (Å²) in [5, 5.41) is 4.57. The number of nitrogens with one attached hydrogen (secondary N) is 1. The Morgan fingerprint density at radius 1 is 1.53 bits per heavy atom. The van der Waals surface area contributed by atoms with Crippen LogP contribution in [-0.4, -0.2) is 23.1 Å². The number of carbonyl (C=O) groups is 2. The molecule has 1 saturated carbocycles. The molecule has 1 aliphatic carbocycles. The van der Waals surface area contributed by atoms with Crippen LogP contribution in [0.1, 0.15) is 38.0 Å². The topological polar surface area (TPSA) is 81.4 Å². The van der Waals surface area contributed by atoms with E-state index in [1.165, 1.54) is 0 Å². The molecule has 1 heterocycles. The molecule has 0 radical (unpaired) electrons. The zero-order valence-electron chi connectivity index (χ0n) is 11.2. The second-order valence-electron chi connectivity index (χ2n) is 5.73. The molecule has 5 nitrogen and oxygen atoms in total. The Kier molecular flexibility index (Phi) is 3.30. The van der Waals surface area contributed by atoms with E-state index in [-0.39, 0.29) is 5.92 Å². The maximum Gasteiger partial charge on any atom is 0.408 e. The lowest BCUT2D eigenvalue weighted by molar-refractivity contribution is -0.121. The predicted molar refractivity (Wildman–Crippen MR) is 73.0 cm³/mol. The summed E-state index contributed by atoms with van der Waals surface area (Å²) in [6, 6.07) is 3.86. The van der Waals surface area contributed by atoms with Crippen molar-refractivity contribution in [3.63, 3.8) is 0 Å². The normalized spacial score (nSPS) is 25.7. The monoisotopic (exact) mass is 282 g/mol. The van der Waals surface area contributed by atoms with Crippen molar-refractivity contribution >= 4 is 23.3 Å². The first-order valence-electron chi connectivity index (χ1n) is 6.09. The van der Waals surface area contributed by atoms with Crippen LogP contribution in [-0.2, 0) is 9.53 Å². The highest BCUT2D eigenvalue weighted by Crippen LogP contribution is 2.52. The van der Waals surface area contributed by atoms with Gasteiger partial charge in [-0.3, -0.25) is 4.79 Å². The molecule has 2 rings (SSSR count). The number of alkyl carbamates (subject to hydrolysis) is 1. The molecule has 0 aliphatic heterocycles. The first kappa shape index (κ1) is 13.9. The highest BCUT2D eigenvalue weighted by atomic mass is 32.1. The average molecular weight is 282 g/mol. The summed E-state index contributed by atoms with van der Waals surface area (Å²) in [6.07, 6.45) is -0.0763. The molecule has 0 aromatic carbocycles. The van der Waals surface area contributed by atoms with Crippen molar-refractivity contribution in [2.75, 3.05) is 0 Å². The van der Waals surface area contributed by atoms with Gasteiger partial charge in [-0.05, 0) is 38.6 Å². The third-order valence-electron chi connectivity index (χ3n) is 3.01. The quantitative estimate of drug-likeness (QED) is 0.889. The number of hydrogen-bond donors (Lipinski definition) is 2. The van der Waals surface area contributed by atoms with Gasteiger partial charge in [-0.2, -0.15) is 0 Å². The molecule has 6 heteroatoms. The van der Waals surface area contributed by atoms with Gasteiger partial charge < -0.3 is 15.8 Å². The van der Waals surface area contributed by atoms with Crippen LogP contribution in [0.15, 0.2) is 17.5 Å². The molecule has 2 amide bonds. The van der Waals surface area contributed by atoms with Crippen LogP contribution in [0.5, 0.6) is 0 Å². The Morgan fingerprint density at radius 3 is 2.68 bits per heavy atom. The minimum atomic E-state index is -0.993. The third kappa shape index (κ3) is 2.89. The molecule has 1 fully saturated rings. The fourth-order valence-corrected chi connectivity index (χ4v) is 2.97. The average Bonchev–Trinajstić information content (AvgIpc) is 2.72. The molecule has 0 unspecified atom stereocenters. The zero-order chi connectivity index (χ0) is 14.3. The summed E-state index contributed by atoms with van der Waals surface area (Å²) in [7, 11) is 0. The van der Waals surface area contributed by atoms with Crippen molar-refractivity contribution in [1.29, 1.82) is 0 Å². The van der Waals surface area contributed by atoms with Crippen molar-refractivity contribution in [2.45, 2.75) is 44.2 Å². The van der Waals surface area contributed by atoms with E-state index in [0.717, 1.165) is 4.88 Å². The van der Waals surface area contributed by atoms with Crippen LogP contribution in [0.25, 0.3) is 0 Å². The Balaban J connectivity index is 2.08. The van der Waals surface area contributed by atoms with Gasteiger partial charge in [-0.25, -0.2) is 4.79 Å². The van der Waals surface area contributed by atoms with Crippen LogP contribution in [0.3, 0.4) is 0 Å². The van der Waals surface area contributed by atoms with Crippen LogP contribution < -0.4 is 11.1 Å². The summed E-state index contributed by atoms with van der Waals surface area (Å²) in [5.41, 5.74) is 3.84. The standard InChI is InChI=1S/C13H18N2O3S/c1-12(2,3)18-11(17)15-13(10(14)16)7-8(13)9-5-4-6-19-9/h4-6,8H,7H2,1-3H3,(H2,14,16)(H,15,17)/t8-,13+/m1/s1. The number of primary amides is 1. The maximum absolute atomic E-state index is 11.8. The summed E-state index contributed by atoms with van der Waals surface area (Å²) in [5.74, 6) is -0.561. The van der Waals surface area contributed by atoms with E-state index in [4.69, 9.17) is 10.5 Å². The van der Waals surface area contributed by atoms with Crippen molar-refractivity contribution in [1.82, 2.24) is 5.32 Å². The largest absolute Gasteiger partial charge is 0.444 e.